The molecule has 10 N–H and O–H groups in total. The number of aliphatic carboxylic acids is 1. The third-order valence-corrected chi connectivity index (χ3v) is 3.76. The number of carbonyl (C=O) groups excluding carboxylic acids is 3. The third kappa shape index (κ3) is 12.7. The van der Waals surface area contributed by atoms with Gasteiger partial charge in [0.15, 0.2) is 0 Å². The lowest BCUT2D eigenvalue weighted by Gasteiger charge is -2.15. The molecule has 0 saturated carbocycles. The van der Waals surface area contributed by atoms with Crippen LogP contribution in [-0.4, -0.2) is 67.1 Å². The van der Waals surface area contributed by atoms with Crippen molar-refractivity contribution in [2.24, 2.45) is 17.2 Å². The van der Waals surface area contributed by atoms with E-state index in [1.807, 2.05) is 0 Å². The quantitative estimate of drug-likeness (QED) is 0.147. The predicted molar refractivity (Wildman–Crippen MR) is 99.4 cm³/mol. The minimum atomic E-state index is -1.15. The van der Waals surface area contributed by atoms with Gasteiger partial charge < -0.3 is 38.3 Å². The molecule has 0 aromatic carbocycles. The smallest absolute Gasteiger partial charge is 0.326 e. The first-order valence-corrected chi connectivity index (χ1v) is 9.04. The average molecular weight is 388 g/mol. The standard InChI is InChI=1S/C16H32N6O5/c17-7-3-1-5-11(19)15(25)21-9-13(23)20-10-14(24)22-12(16(26)27)6-2-4-8-18/h11-12H,1-10,17-19H2,(H,20,23)(H,21,25)(H,22,24)(H,26,27)/t11-,12-/m0/s1. The molecule has 27 heavy (non-hydrogen) atoms. The van der Waals surface area contributed by atoms with Crippen LogP contribution < -0.4 is 33.2 Å². The number of nitrogens with one attached hydrogen (secondary N) is 3. The highest BCUT2D eigenvalue weighted by Crippen LogP contribution is 2.00. The van der Waals surface area contributed by atoms with Gasteiger partial charge in [0, 0.05) is 0 Å². The van der Waals surface area contributed by atoms with Gasteiger partial charge in [-0.2, -0.15) is 0 Å². The number of nitrogens with two attached hydrogens (primary N) is 3. The maximum Gasteiger partial charge on any atom is 0.326 e. The van der Waals surface area contributed by atoms with E-state index in [-0.39, 0.29) is 13.0 Å². The van der Waals surface area contributed by atoms with Gasteiger partial charge in [-0.25, -0.2) is 4.79 Å². The molecule has 2 atom stereocenters. The summed E-state index contributed by atoms with van der Waals surface area (Å²) in [6, 6.07) is -1.76. The summed E-state index contributed by atoms with van der Waals surface area (Å²) in [5.41, 5.74) is 16.4. The zero-order valence-corrected chi connectivity index (χ0v) is 15.5. The second-order valence-electron chi connectivity index (χ2n) is 6.13. The van der Waals surface area contributed by atoms with Crippen molar-refractivity contribution in [3.05, 3.63) is 0 Å². The van der Waals surface area contributed by atoms with Gasteiger partial charge >= 0.3 is 5.97 Å². The molecule has 0 aliphatic rings. The maximum absolute atomic E-state index is 11.8. The summed E-state index contributed by atoms with van der Waals surface area (Å²) in [6.45, 7) is 0.251. The number of carboxylic acids is 1. The van der Waals surface area contributed by atoms with Crippen molar-refractivity contribution in [1.29, 1.82) is 0 Å². The summed E-state index contributed by atoms with van der Waals surface area (Å²) in [5.74, 6) is -2.82. The predicted octanol–water partition coefficient (Wildman–Crippen LogP) is -2.63. The van der Waals surface area contributed by atoms with Crippen LogP contribution in [0.15, 0.2) is 0 Å². The fourth-order valence-corrected chi connectivity index (χ4v) is 2.18. The number of hydrogen-bond donors (Lipinski definition) is 7. The summed E-state index contributed by atoms with van der Waals surface area (Å²) in [6.07, 6.45) is 3.42. The number of carbonyl (C=O) groups is 4. The minimum absolute atomic E-state index is 0.254. The molecule has 0 aromatic heterocycles. The van der Waals surface area contributed by atoms with Crippen LogP contribution in [0.4, 0.5) is 0 Å². The van der Waals surface area contributed by atoms with E-state index in [4.69, 9.17) is 22.3 Å². The Balaban J connectivity index is 4.09. The number of carboxylic acid groups (broad SMARTS) is 1. The van der Waals surface area contributed by atoms with Crippen molar-refractivity contribution in [3.63, 3.8) is 0 Å². The van der Waals surface area contributed by atoms with E-state index in [1.54, 1.807) is 0 Å². The Bertz CT molecular complexity index is 488. The van der Waals surface area contributed by atoms with Crippen LogP contribution in [0.25, 0.3) is 0 Å². The maximum atomic E-state index is 11.8. The summed E-state index contributed by atoms with van der Waals surface area (Å²) < 4.78 is 0. The first-order chi connectivity index (χ1) is 12.8. The molecule has 11 heteroatoms. The molecular formula is C16H32N6O5. The Kier molecular flexibility index (Phi) is 13.6. The Morgan fingerprint density at radius 1 is 0.815 bits per heavy atom. The lowest BCUT2D eigenvalue weighted by atomic mass is 10.1. The third-order valence-electron chi connectivity index (χ3n) is 3.76. The molecule has 156 valence electrons. The zero-order valence-electron chi connectivity index (χ0n) is 15.5. The molecule has 11 nitrogen and oxygen atoms in total. The molecule has 0 rings (SSSR count). The molecule has 0 saturated heterocycles. The Morgan fingerprint density at radius 3 is 1.93 bits per heavy atom. The number of unbranched alkanes of at least 4 members (excludes halogenated alkanes) is 2. The highest BCUT2D eigenvalue weighted by molar-refractivity contribution is 5.90. The van der Waals surface area contributed by atoms with Crippen molar-refractivity contribution in [3.8, 4) is 0 Å². The normalized spacial score (nSPS) is 12.7. The SMILES string of the molecule is NCCCC[C@H](NC(=O)CNC(=O)CNC(=O)[C@@H](N)CCCCN)C(=O)O. The molecule has 0 unspecified atom stereocenters. The Hall–Kier alpha value is -2.24. The lowest BCUT2D eigenvalue weighted by molar-refractivity contribution is -0.142. The van der Waals surface area contributed by atoms with E-state index < -0.39 is 42.3 Å². The van der Waals surface area contributed by atoms with Crippen molar-refractivity contribution in [2.45, 2.75) is 50.6 Å². The van der Waals surface area contributed by atoms with Crippen LogP contribution in [0.3, 0.4) is 0 Å². The average Bonchev–Trinajstić information content (AvgIpc) is 2.63. The Labute approximate surface area is 158 Å². The van der Waals surface area contributed by atoms with E-state index >= 15 is 0 Å². The molecule has 0 bridgehead atoms. The molecule has 0 fully saturated rings. The molecule has 0 heterocycles. The molecule has 0 radical (unpaired) electrons. The van der Waals surface area contributed by atoms with Gasteiger partial charge in [-0.15, -0.1) is 0 Å². The first kappa shape index (κ1) is 24.8. The fraction of sp³-hybridized carbons (Fsp3) is 0.750. The van der Waals surface area contributed by atoms with Gasteiger partial charge in [0.2, 0.25) is 17.7 Å². The summed E-state index contributed by atoms with van der Waals surface area (Å²) >= 11 is 0. The topological polar surface area (TPSA) is 203 Å². The van der Waals surface area contributed by atoms with Crippen molar-refractivity contribution >= 4 is 23.7 Å². The second kappa shape index (κ2) is 14.9. The van der Waals surface area contributed by atoms with Gasteiger partial charge in [-0.05, 0) is 45.2 Å². The second-order valence-corrected chi connectivity index (χ2v) is 6.13. The van der Waals surface area contributed by atoms with E-state index in [1.165, 1.54) is 0 Å². The monoisotopic (exact) mass is 388 g/mol. The van der Waals surface area contributed by atoms with E-state index in [2.05, 4.69) is 16.0 Å². The molecule has 0 aliphatic carbocycles. The van der Waals surface area contributed by atoms with Crippen LogP contribution in [-0.2, 0) is 19.2 Å². The summed E-state index contributed by atoms with van der Waals surface area (Å²) in [7, 11) is 0. The summed E-state index contributed by atoms with van der Waals surface area (Å²) in [4.78, 5) is 46.3. The number of rotatable bonds is 15. The number of amides is 3. The Morgan fingerprint density at radius 2 is 1.37 bits per heavy atom. The van der Waals surface area contributed by atoms with Gasteiger partial charge in [0.25, 0.3) is 0 Å². The van der Waals surface area contributed by atoms with Gasteiger partial charge in [0.05, 0.1) is 19.1 Å². The fourth-order valence-electron chi connectivity index (χ4n) is 2.18. The van der Waals surface area contributed by atoms with E-state index in [0.717, 1.165) is 6.42 Å². The van der Waals surface area contributed by atoms with Crippen LogP contribution in [0.5, 0.6) is 0 Å². The van der Waals surface area contributed by atoms with Crippen LogP contribution in [0.2, 0.25) is 0 Å². The highest BCUT2D eigenvalue weighted by Gasteiger charge is 2.19. The van der Waals surface area contributed by atoms with E-state index in [9.17, 15) is 19.2 Å². The molecule has 0 spiro atoms. The van der Waals surface area contributed by atoms with Crippen LogP contribution in [0, 0.1) is 0 Å². The van der Waals surface area contributed by atoms with Crippen LogP contribution >= 0.6 is 0 Å². The van der Waals surface area contributed by atoms with Gasteiger partial charge in [-0.1, -0.05) is 6.42 Å². The molecule has 3 amide bonds. The molecular weight excluding hydrogens is 356 g/mol. The summed E-state index contributed by atoms with van der Waals surface area (Å²) in [5, 5.41) is 16.1. The highest BCUT2D eigenvalue weighted by atomic mass is 16.4. The van der Waals surface area contributed by atoms with E-state index in [0.29, 0.717) is 38.8 Å². The molecule has 0 aromatic rings. The lowest BCUT2D eigenvalue weighted by Crippen LogP contribution is -2.48. The first-order valence-electron chi connectivity index (χ1n) is 9.04. The van der Waals surface area contributed by atoms with Gasteiger partial charge in [0.1, 0.15) is 6.04 Å². The van der Waals surface area contributed by atoms with Crippen LogP contribution in [0.1, 0.15) is 38.5 Å². The van der Waals surface area contributed by atoms with Gasteiger partial charge in [-0.3, -0.25) is 14.4 Å². The molecule has 0 aliphatic heterocycles. The van der Waals surface area contributed by atoms with Crippen molar-refractivity contribution < 1.29 is 24.3 Å². The van der Waals surface area contributed by atoms with Crippen molar-refractivity contribution in [2.75, 3.05) is 26.2 Å². The van der Waals surface area contributed by atoms with Crippen molar-refractivity contribution in [1.82, 2.24) is 16.0 Å². The number of hydrogen-bond acceptors (Lipinski definition) is 7. The largest absolute Gasteiger partial charge is 0.480 e. The zero-order chi connectivity index (χ0) is 20.7. The minimum Gasteiger partial charge on any atom is -0.480 e.